The second-order valence-electron chi connectivity index (χ2n) is 16.2. The van der Waals surface area contributed by atoms with Crippen LogP contribution in [0.15, 0.2) is 224 Å². The molecule has 296 valence electrons. The molecule has 1 aliphatic heterocycles. The van der Waals surface area contributed by atoms with Crippen LogP contribution in [0.1, 0.15) is 47.3 Å². The number of nitrogens with zero attached hydrogens (tertiary/aromatic N) is 3. The Morgan fingerprint density at radius 1 is 0.548 bits per heavy atom. The van der Waals surface area contributed by atoms with Crippen molar-refractivity contribution in [2.45, 2.75) is 24.7 Å². The summed E-state index contributed by atoms with van der Waals surface area (Å²) in [4.78, 5) is 12.6. The van der Waals surface area contributed by atoms with Gasteiger partial charge in [-0.3, -0.25) is 0 Å². The van der Waals surface area contributed by atoms with E-state index in [2.05, 4.69) is 224 Å². The van der Waals surface area contributed by atoms with Crippen LogP contribution in [0.3, 0.4) is 0 Å². The molecule has 0 fully saturated rings. The Morgan fingerprint density at radius 2 is 1.11 bits per heavy atom. The van der Waals surface area contributed by atoms with Gasteiger partial charge in [-0.05, 0) is 100 Å². The maximum absolute atomic E-state index is 7.56. The van der Waals surface area contributed by atoms with Crippen LogP contribution in [-0.2, 0) is 5.41 Å². The first-order valence-electron chi connectivity index (χ1n) is 21.4. The average molecular weight is 797 g/mol. The maximum Gasteiger partial charge on any atom is 0.136 e. The van der Waals surface area contributed by atoms with Crippen molar-refractivity contribution >= 4 is 22.6 Å². The zero-order valence-corrected chi connectivity index (χ0v) is 34.5. The summed E-state index contributed by atoms with van der Waals surface area (Å²) >= 11 is 0. The van der Waals surface area contributed by atoms with E-state index in [9.17, 15) is 0 Å². The number of nitrogens with two attached hydrogens (primary N) is 1. The van der Waals surface area contributed by atoms with Crippen molar-refractivity contribution in [1.29, 1.82) is 0 Å². The van der Waals surface area contributed by atoms with Crippen molar-refractivity contribution in [1.82, 2.24) is 9.97 Å². The third-order valence-electron chi connectivity index (χ3n) is 12.7. The van der Waals surface area contributed by atoms with Crippen LogP contribution in [0.25, 0.3) is 50.3 Å². The minimum absolute atomic E-state index is 0.145. The largest absolute Gasteiger partial charge is 0.400 e. The Labute approximate surface area is 363 Å². The minimum atomic E-state index is -0.697. The topological polar surface area (TPSA) is 55.0 Å². The molecule has 8 aromatic rings. The zero-order chi connectivity index (χ0) is 41.6. The molecule has 1 aromatic heterocycles. The highest BCUT2D eigenvalue weighted by Crippen LogP contribution is 2.61. The Bertz CT molecular complexity index is 3070. The first-order chi connectivity index (χ1) is 30.6. The van der Waals surface area contributed by atoms with Crippen LogP contribution in [0.5, 0.6) is 0 Å². The van der Waals surface area contributed by atoms with Crippen molar-refractivity contribution in [2.75, 3.05) is 4.90 Å². The number of para-hydroxylation sites is 3. The van der Waals surface area contributed by atoms with E-state index in [0.717, 1.165) is 90.9 Å². The Kier molecular flexibility index (Phi) is 9.20. The molecule has 4 nitrogen and oxygen atoms in total. The highest BCUT2D eigenvalue weighted by atomic mass is 15.2. The summed E-state index contributed by atoms with van der Waals surface area (Å²) in [5.74, 6) is 0.991. The molecule has 2 N–H and O–H groups in total. The summed E-state index contributed by atoms with van der Waals surface area (Å²) in [6.07, 6.45) is 13.7. The van der Waals surface area contributed by atoms with Crippen LogP contribution >= 0.6 is 0 Å². The van der Waals surface area contributed by atoms with E-state index >= 15 is 0 Å². The fourth-order valence-corrected chi connectivity index (χ4v) is 9.81. The van der Waals surface area contributed by atoms with Crippen LogP contribution < -0.4 is 10.6 Å². The van der Waals surface area contributed by atoms with E-state index in [0.29, 0.717) is 0 Å². The van der Waals surface area contributed by atoms with Gasteiger partial charge in [0, 0.05) is 34.0 Å². The third kappa shape index (κ3) is 6.06. The van der Waals surface area contributed by atoms with E-state index in [1.165, 1.54) is 16.7 Å². The van der Waals surface area contributed by atoms with Crippen molar-refractivity contribution in [3.8, 4) is 44.8 Å². The lowest BCUT2D eigenvalue weighted by atomic mass is 9.65. The van der Waals surface area contributed by atoms with Crippen LogP contribution in [0.2, 0.25) is 0 Å². The van der Waals surface area contributed by atoms with Gasteiger partial charge in [-0.25, -0.2) is 9.97 Å². The van der Waals surface area contributed by atoms with E-state index in [1.807, 2.05) is 6.07 Å². The lowest BCUT2D eigenvalue weighted by molar-refractivity contribution is 0.720. The molecule has 0 saturated carbocycles. The van der Waals surface area contributed by atoms with Crippen molar-refractivity contribution in [3.63, 3.8) is 0 Å². The molecular weight excluding hydrogens is 753 g/mol. The molecule has 4 heteroatoms. The van der Waals surface area contributed by atoms with Gasteiger partial charge in [-0.15, -0.1) is 0 Å². The van der Waals surface area contributed by atoms with Gasteiger partial charge < -0.3 is 10.6 Å². The summed E-state index contributed by atoms with van der Waals surface area (Å²) in [5.41, 5.74) is 25.4. The number of anilines is 3. The quantitative estimate of drug-likeness (QED) is 0.175. The van der Waals surface area contributed by atoms with E-state index in [4.69, 9.17) is 15.7 Å². The smallest absolute Gasteiger partial charge is 0.136 e. The molecule has 2 aliphatic carbocycles. The SMILES string of the molecule is C/C=C\C1=C(N)C2(c3cc(-c4cccc(-c5ccc(-c6cc(-c7ccccc7)nc(C7C=CC=CC7)n6)cc5)c4)ccc31)c1ccccc1N(c1ccccc1)c1ccccc12. The molecule has 1 atom stereocenters. The monoisotopic (exact) mass is 796 g/mol. The van der Waals surface area contributed by atoms with Gasteiger partial charge in [-0.1, -0.05) is 176 Å². The molecule has 2 heterocycles. The lowest BCUT2D eigenvalue weighted by Crippen LogP contribution is -2.39. The van der Waals surface area contributed by atoms with Crippen molar-refractivity contribution in [3.05, 3.63) is 252 Å². The molecule has 62 heavy (non-hydrogen) atoms. The Morgan fingerprint density at radius 3 is 1.77 bits per heavy atom. The second-order valence-corrected chi connectivity index (χ2v) is 16.2. The van der Waals surface area contributed by atoms with Gasteiger partial charge in [0.1, 0.15) is 5.82 Å². The second kappa shape index (κ2) is 15.3. The van der Waals surface area contributed by atoms with Gasteiger partial charge in [0.15, 0.2) is 0 Å². The van der Waals surface area contributed by atoms with E-state index < -0.39 is 5.41 Å². The number of aromatic nitrogens is 2. The number of rotatable bonds is 7. The normalized spacial score (nSPS) is 15.8. The third-order valence-corrected chi connectivity index (χ3v) is 12.7. The molecule has 0 saturated heterocycles. The predicted octanol–water partition coefficient (Wildman–Crippen LogP) is 14.1. The summed E-state index contributed by atoms with van der Waals surface area (Å²) in [6.45, 7) is 2.07. The summed E-state index contributed by atoms with van der Waals surface area (Å²) < 4.78 is 0. The van der Waals surface area contributed by atoms with E-state index in [-0.39, 0.29) is 5.92 Å². The van der Waals surface area contributed by atoms with Crippen molar-refractivity contribution in [2.24, 2.45) is 5.73 Å². The van der Waals surface area contributed by atoms with Gasteiger partial charge in [0.05, 0.1) is 28.2 Å². The molecule has 7 aromatic carbocycles. The van der Waals surface area contributed by atoms with E-state index in [1.54, 1.807) is 0 Å². The lowest BCUT2D eigenvalue weighted by Gasteiger charge is -2.45. The molecule has 11 rings (SSSR count). The van der Waals surface area contributed by atoms with Gasteiger partial charge >= 0.3 is 0 Å². The fourth-order valence-electron chi connectivity index (χ4n) is 9.81. The molecule has 0 radical (unpaired) electrons. The molecule has 0 amide bonds. The van der Waals surface area contributed by atoms with Gasteiger partial charge in [-0.2, -0.15) is 0 Å². The van der Waals surface area contributed by atoms with Crippen LogP contribution in [-0.4, -0.2) is 9.97 Å². The van der Waals surface area contributed by atoms with Gasteiger partial charge in [0.2, 0.25) is 0 Å². The highest BCUT2D eigenvalue weighted by Gasteiger charge is 2.52. The number of hydrogen-bond donors (Lipinski definition) is 1. The number of allylic oxidation sites excluding steroid dienone is 8. The minimum Gasteiger partial charge on any atom is -0.400 e. The fraction of sp³-hybridized carbons (Fsp3) is 0.0690. The summed E-state index contributed by atoms with van der Waals surface area (Å²) in [7, 11) is 0. The molecule has 1 unspecified atom stereocenters. The molecule has 0 bridgehead atoms. The van der Waals surface area contributed by atoms with Crippen molar-refractivity contribution < 1.29 is 0 Å². The Balaban J connectivity index is 0.995. The number of benzene rings is 7. The predicted molar refractivity (Wildman–Crippen MR) is 256 cm³/mol. The maximum atomic E-state index is 7.56. The Hall–Kier alpha value is -7.82. The molecule has 3 aliphatic rings. The first kappa shape index (κ1) is 37.2. The highest BCUT2D eigenvalue weighted by molar-refractivity contribution is 5.97. The van der Waals surface area contributed by atoms with Crippen LogP contribution in [0, 0.1) is 0 Å². The van der Waals surface area contributed by atoms with Gasteiger partial charge in [0.25, 0.3) is 0 Å². The standard InChI is InChI=1S/C58H44N4/c1-2-17-48-47-35-34-45(37-51(47)58(56(48)59)49-26-12-14-28-54(49)62(46-24-10-5-11-25-46)55-29-15-13-27-50(55)58)44-23-16-22-43(36-44)39-30-32-41(33-31-39)53-38-52(40-18-6-3-7-19-40)60-57(61-53)42-20-8-4-9-21-42/h2-20,22-38,42H,21,59H2,1H3/b17-2-. The summed E-state index contributed by atoms with van der Waals surface area (Å²) in [6, 6.07) is 65.3. The molecular formula is C58H44N4. The number of hydrogen-bond acceptors (Lipinski definition) is 4. The average Bonchev–Trinajstić information content (AvgIpc) is 3.58. The summed E-state index contributed by atoms with van der Waals surface area (Å²) in [5, 5.41) is 0. The zero-order valence-electron chi connectivity index (χ0n) is 34.5. The number of fused-ring (bicyclic) bond motifs is 6. The van der Waals surface area contributed by atoms with Crippen LogP contribution in [0.4, 0.5) is 17.1 Å². The molecule has 1 spiro atoms. The first-order valence-corrected chi connectivity index (χ1v) is 21.4.